The van der Waals surface area contributed by atoms with Gasteiger partial charge in [-0.2, -0.15) is 13.2 Å². The highest BCUT2D eigenvalue weighted by Gasteiger charge is 2.71. The molecule has 0 N–H and O–H groups in total. The number of fused-ring (bicyclic) bond motifs is 7. The second kappa shape index (κ2) is 8.09. The molecule has 7 heteroatoms. The summed E-state index contributed by atoms with van der Waals surface area (Å²) in [6, 6.07) is 0. The molecule has 0 aromatic rings. The van der Waals surface area contributed by atoms with Crippen molar-refractivity contribution in [1.82, 2.24) is 0 Å². The molecule has 39 heavy (non-hydrogen) atoms. The van der Waals surface area contributed by atoms with Gasteiger partial charge in [0, 0.05) is 16.7 Å². The predicted octanol–water partition coefficient (Wildman–Crippen LogP) is 7.42. The fourth-order valence-corrected chi connectivity index (χ4v) is 10.3. The van der Waals surface area contributed by atoms with E-state index in [0.29, 0.717) is 19.3 Å². The van der Waals surface area contributed by atoms with Gasteiger partial charge >= 0.3 is 12.1 Å². The lowest BCUT2D eigenvalue weighted by Gasteiger charge is -2.69. The van der Waals surface area contributed by atoms with Crippen molar-refractivity contribution in [1.29, 1.82) is 0 Å². The van der Waals surface area contributed by atoms with Crippen LogP contribution >= 0.6 is 0 Å². The molecular formula is C32H43F3O4. The molecular weight excluding hydrogens is 505 g/mol. The van der Waals surface area contributed by atoms with Crippen LogP contribution in [0.15, 0.2) is 23.3 Å². The first kappa shape index (κ1) is 28.6. The van der Waals surface area contributed by atoms with Crippen LogP contribution in [0.5, 0.6) is 0 Å². The van der Waals surface area contributed by atoms with Crippen LogP contribution in [0.4, 0.5) is 13.2 Å². The fourth-order valence-electron chi connectivity index (χ4n) is 10.3. The zero-order valence-electron chi connectivity index (χ0n) is 24.6. The zero-order valence-corrected chi connectivity index (χ0v) is 24.6. The van der Waals surface area contributed by atoms with Gasteiger partial charge in [0.05, 0.1) is 18.1 Å². The summed E-state index contributed by atoms with van der Waals surface area (Å²) in [5.74, 6) is -2.24. The molecule has 0 radical (unpaired) electrons. The first-order chi connectivity index (χ1) is 17.7. The van der Waals surface area contributed by atoms with E-state index in [9.17, 15) is 27.6 Å². The summed E-state index contributed by atoms with van der Waals surface area (Å²) in [7, 11) is 1.42. The third kappa shape index (κ3) is 3.52. The summed E-state index contributed by atoms with van der Waals surface area (Å²) in [6.45, 7) is 13.6. The summed E-state index contributed by atoms with van der Waals surface area (Å²) < 4.78 is 47.8. The van der Waals surface area contributed by atoms with Crippen LogP contribution in [0.3, 0.4) is 0 Å². The number of allylic oxidation sites excluding steroid dienone is 4. The lowest BCUT2D eigenvalue weighted by Crippen LogP contribution is -2.66. The van der Waals surface area contributed by atoms with Gasteiger partial charge in [0.2, 0.25) is 0 Å². The molecule has 8 atom stereocenters. The fraction of sp³-hybridized carbons (Fsp3) is 0.781. The Kier molecular flexibility index (Phi) is 5.93. The Morgan fingerprint density at radius 2 is 1.56 bits per heavy atom. The van der Waals surface area contributed by atoms with Crippen molar-refractivity contribution in [2.75, 3.05) is 7.11 Å². The Labute approximate surface area is 230 Å². The molecule has 5 aliphatic carbocycles. The molecule has 0 aromatic heterocycles. The quantitative estimate of drug-likeness (QED) is 0.320. The highest BCUT2D eigenvalue weighted by molar-refractivity contribution is 6.03. The Morgan fingerprint density at radius 3 is 2.15 bits per heavy atom. The summed E-state index contributed by atoms with van der Waals surface area (Å²) in [6.07, 6.45) is 3.36. The van der Waals surface area contributed by atoms with Gasteiger partial charge in [-0.1, -0.05) is 53.2 Å². The topological polar surface area (TPSA) is 60.4 Å². The van der Waals surface area contributed by atoms with Crippen LogP contribution in [0.1, 0.15) is 93.4 Å². The third-order valence-electron chi connectivity index (χ3n) is 12.9. The molecule has 0 amide bonds. The van der Waals surface area contributed by atoms with Gasteiger partial charge in [-0.25, -0.2) is 0 Å². The number of carbonyl (C=O) groups excluding carboxylic acids is 3. The minimum absolute atomic E-state index is 0.0204. The molecule has 5 rings (SSSR count). The van der Waals surface area contributed by atoms with Crippen molar-refractivity contribution in [3.05, 3.63) is 23.3 Å². The van der Waals surface area contributed by atoms with E-state index in [2.05, 4.69) is 20.8 Å². The summed E-state index contributed by atoms with van der Waals surface area (Å²) >= 11 is 0. The first-order valence-corrected chi connectivity index (χ1v) is 14.4. The van der Waals surface area contributed by atoms with Crippen molar-refractivity contribution in [2.24, 2.45) is 50.2 Å². The normalized spacial score (nSPS) is 47.1. The molecule has 3 saturated carbocycles. The van der Waals surface area contributed by atoms with Gasteiger partial charge < -0.3 is 4.74 Å². The van der Waals surface area contributed by atoms with Gasteiger partial charge in [-0.05, 0) is 86.0 Å². The largest absolute Gasteiger partial charge is 0.469 e. The van der Waals surface area contributed by atoms with E-state index in [1.165, 1.54) is 7.11 Å². The van der Waals surface area contributed by atoms with E-state index < -0.39 is 50.5 Å². The molecule has 0 bridgehead atoms. The summed E-state index contributed by atoms with van der Waals surface area (Å²) in [5.41, 5.74) is -4.04. The lowest BCUT2D eigenvalue weighted by molar-refractivity contribution is -0.177. The van der Waals surface area contributed by atoms with Crippen molar-refractivity contribution in [3.8, 4) is 0 Å². The number of esters is 1. The molecule has 0 spiro atoms. The molecule has 0 aliphatic heterocycles. The van der Waals surface area contributed by atoms with E-state index >= 15 is 0 Å². The smallest absolute Gasteiger partial charge is 0.419 e. The van der Waals surface area contributed by atoms with Crippen LogP contribution in [0.25, 0.3) is 0 Å². The van der Waals surface area contributed by atoms with Gasteiger partial charge in [0.25, 0.3) is 0 Å². The van der Waals surface area contributed by atoms with Crippen molar-refractivity contribution in [3.63, 3.8) is 0 Å². The highest BCUT2D eigenvalue weighted by atomic mass is 19.4. The van der Waals surface area contributed by atoms with Crippen LogP contribution in [-0.4, -0.2) is 30.8 Å². The van der Waals surface area contributed by atoms with Gasteiger partial charge in [0.15, 0.2) is 11.6 Å². The number of alkyl halides is 3. The number of rotatable bonds is 1. The van der Waals surface area contributed by atoms with Crippen LogP contribution in [-0.2, 0) is 19.1 Å². The number of hydrogen-bond acceptors (Lipinski definition) is 4. The van der Waals surface area contributed by atoms with Crippen molar-refractivity contribution < 1.29 is 32.3 Å². The molecule has 4 unspecified atom stereocenters. The number of halogens is 3. The van der Waals surface area contributed by atoms with E-state index in [4.69, 9.17) is 4.74 Å². The summed E-state index contributed by atoms with van der Waals surface area (Å²) in [5, 5.41) is 0. The monoisotopic (exact) mass is 548 g/mol. The molecule has 5 aliphatic rings. The maximum atomic E-state index is 14.3. The molecule has 4 nitrogen and oxygen atoms in total. The van der Waals surface area contributed by atoms with Gasteiger partial charge in [-0.15, -0.1) is 0 Å². The maximum Gasteiger partial charge on any atom is 0.419 e. The second-order valence-corrected chi connectivity index (χ2v) is 15.2. The van der Waals surface area contributed by atoms with Crippen LogP contribution in [0.2, 0.25) is 0 Å². The minimum atomic E-state index is -4.77. The third-order valence-corrected chi connectivity index (χ3v) is 12.9. The molecule has 3 fully saturated rings. The number of carbonyl (C=O) groups is 3. The average Bonchev–Trinajstić information content (AvgIpc) is 2.82. The van der Waals surface area contributed by atoms with Crippen LogP contribution in [0, 0.1) is 50.2 Å². The van der Waals surface area contributed by atoms with Crippen molar-refractivity contribution >= 4 is 17.5 Å². The second-order valence-electron chi connectivity index (χ2n) is 15.2. The molecule has 0 saturated heterocycles. The van der Waals surface area contributed by atoms with Gasteiger partial charge in [0.1, 0.15) is 0 Å². The maximum absolute atomic E-state index is 14.3. The van der Waals surface area contributed by atoms with Gasteiger partial charge in [-0.3, -0.25) is 14.4 Å². The van der Waals surface area contributed by atoms with E-state index in [1.807, 2.05) is 6.92 Å². The van der Waals surface area contributed by atoms with E-state index in [1.54, 1.807) is 26.8 Å². The SMILES string of the molecule is COC(=O)[C@@]1(C)CCC2(C)CC[C@]3(C)C(=CC(=O)[C@@H]4C5(C)C=C(C(F)(F)F)C(=O)C(C)(C)[C@@H]5CCC43C)C2C1. The summed E-state index contributed by atoms with van der Waals surface area (Å²) in [4.78, 5) is 40.2. The minimum Gasteiger partial charge on any atom is -0.469 e. The Morgan fingerprint density at radius 1 is 0.949 bits per heavy atom. The van der Waals surface area contributed by atoms with E-state index in [-0.39, 0.29) is 29.0 Å². The highest BCUT2D eigenvalue weighted by Crippen LogP contribution is 2.74. The standard InChI is InChI=1S/C32H43F3O4/c1-26(2)22-9-10-31(7)23(29(22,5)17-20(24(26)37)32(33,34)35)21(36)15-18-19-16-28(4,25(38)39-8)12-11-27(19,3)13-14-30(18,31)6/h15,17,19,22-23H,9-14,16H2,1-8H3/t19?,22-,23+,27?,28-,29?,30+,31?/m0/s1. The van der Waals surface area contributed by atoms with Crippen molar-refractivity contribution in [2.45, 2.75) is 99.6 Å². The predicted molar refractivity (Wildman–Crippen MR) is 141 cm³/mol. The molecule has 0 heterocycles. The van der Waals surface area contributed by atoms with E-state index in [0.717, 1.165) is 37.3 Å². The number of hydrogen-bond donors (Lipinski definition) is 0. The Balaban J connectivity index is 1.68. The number of methoxy groups -OCH3 is 1. The average molecular weight is 549 g/mol. The number of Topliss-reactive ketones (excluding diaryl/α,β-unsaturated/α-hetero) is 1. The number of ketones is 2. The lowest BCUT2D eigenvalue weighted by atomic mass is 9.34. The first-order valence-electron chi connectivity index (χ1n) is 14.4. The van der Waals surface area contributed by atoms with Crippen LogP contribution < -0.4 is 0 Å². The Hall–Kier alpha value is -1.92. The number of ether oxygens (including phenoxy) is 1. The Bertz CT molecular complexity index is 1210. The molecule has 216 valence electrons. The zero-order chi connectivity index (χ0) is 29.2. The molecule has 0 aromatic carbocycles.